The highest BCUT2D eigenvalue weighted by atomic mass is 16.5. The standard InChI is InChI=1S/C22H35N5O2/c1-2-24-22(27-9-3-4-20(17-27)14-21(23)28)25-15-18-5-7-19(8-6-18)16-26-10-12-29-13-11-26/h5-8,20H,2-4,9-17H2,1H3,(H2,23,28)(H,24,25). The number of nitrogens with two attached hydrogens (primary N) is 1. The lowest BCUT2D eigenvalue weighted by Gasteiger charge is -2.34. The van der Waals surface area contributed by atoms with Gasteiger partial charge in [0.05, 0.1) is 19.8 Å². The molecule has 0 bridgehead atoms. The van der Waals surface area contributed by atoms with E-state index in [1.165, 1.54) is 11.1 Å². The van der Waals surface area contributed by atoms with Gasteiger partial charge in [0, 0.05) is 45.7 Å². The number of rotatable bonds is 7. The van der Waals surface area contributed by atoms with Gasteiger partial charge in [-0.3, -0.25) is 9.69 Å². The Morgan fingerprint density at radius 3 is 2.62 bits per heavy atom. The predicted molar refractivity (Wildman–Crippen MR) is 115 cm³/mol. The molecule has 7 heteroatoms. The van der Waals surface area contributed by atoms with Gasteiger partial charge in [0.25, 0.3) is 0 Å². The molecule has 2 saturated heterocycles. The molecule has 1 aromatic carbocycles. The summed E-state index contributed by atoms with van der Waals surface area (Å²) in [5.41, 5.74) is 7.93. The largest absolute Gasteiger partial charge is 0.379 e. The van der Waals surface area contributed by atoms with Crippen LogP contribution in [-0.2, 0) is 22.6 Å². The molecule has 7 nitrogen and oxygen atoms in total. The number of ether oxygens (including phenoxy) is 1. The molecule has 0 aliphatic carbocycles. The van der Waals surface area contributed by atoms with E-state index >= 15 is 0 Å². The highest BCUT2D eigenvalue weighted by molar-refractivity contribution is 5.80. The van der Waals surface area contributed by atoms with Crippen LogP contribution in [0.2, 0.25) is 0 Å². The summed E-state index contributed by atoms with van der Waals surface area (Å²) >= 11 is 0. The molecular formula is C22H35N5O2. The van der Waals surface area contributed by atoms with Crippen molar-refractivity contribution in [1.29, 1.82) is 0 Å². The number of carbonyl (C=O) groups excluding carboxylic acids is 1. The lowest BCUT2D eigenvalue weighted by molar-refractivity contribution is -0.119. The average Bonchev–Trinajstić information content (AvgIpc) is 2.73. The van der Waals surface area contributed by atoms with Gasteiger partial charge < -0.3 is 20.7 Å². The van der Waals surface area contributed by atoms with Gasteiger partial charge in [-0.1, -0.05) is 24.3 Å². The van der Waals surface area contributed by atoms with E-state index in [1.807, 2.05) is 0 Å². The van der Waals surface area contributed by atoms with Gasteiger partial charge >= 0.3 is 0 Å². The number of guanidine groups is 1. The van der Waals surface area contributed by atoms with Crippen molar-refractivity contribution in [2.45, 2.75) is 39.3 Å². The maximum atomic E-state index is 11.3. The third kappa shape index (κ3) is 7.01. The van der Waals surface area contributed by atoms with Gasteiger partial charge in [-0.05, 0) is 36.8 Å². The molecule has 2 aliphatic heterocycles. The number of piperidine rings is 1. The van der Waals surface area contributed by atoms with Crippen LogP contribution in [0.25, 0.3) is 0 Å². The molecule has 0 radical (unpaired) electrons. The van der Waals surface area contributed by atoms with Crippen LogP contribution in [-0.4, -0.2) is 67.6 Å². The molecular weight excluding hydrogens is 366 g/mol. The maximum absolute atomic E-state index is 11.3. The summed E-state index contributed by atoms with van der Waals surface area (Å²) in [5.74, 6) is 1.04. The van der Waals surface area contributed by atoms with Crippen molar-refractivity contribution < 1.29 is 9.53 Å². The van der Waals surface area contributed by atoms with E-state index in [9.17, 15) is 4.79 Å². The first kappa shape index (κ1) is 21.6. The summed E-state index contributed by atoms with van der Waals surface area (Å²) in [7, 11) is 0. The number of hydrogen-bond donors (Lipinski definition) is 2. The van der Waals surface area contributed by atoms with Crippen molar-refractivity contribution in [2.24, 2.45) is 16.6 Å². The van der Waals surface area contributed by atoms with Crippen LogP contribution in [0.5, 0.6) is 0 Å². The fourth-order valence-electron chi connectivity index (χ4n) is 4.07. The summed E-state index contributed by atoms with van der Waals surface area (Å²) < 4.78 is 5.42. The summed E-state index contributed by atoms with van der Waals surface area (Å²) in [5, 5.41) is 3.40. The van der Waals surface area contributed by atoms with Gasteiger partial charge in [-0.15, -0.1) is 0 Å². The first-order valence-electron chi connectivity index (χ1n) is 10.8. The summed E-state index contributed by atoms with van der Waals surface area (Å²) in [6, 6.07) is 8.76. The van der Waals surface area contributed by atoms with Gasteiger partial charge in [0.2, 0.25) is 5.91 Å². The van der Waals surface area contributed by atoms with Crippen LogP contribution in [0.3, 0.4) is 0 Å². The van der Waals surface area contributed by atoms with E-state index in [4.69, 9.17) is 15.5 Å². The summed E-state index contributed by atoms with van der Waals surface area (Å²) in [6.45, 7) is 10.0. The van der Waals surface area contributed by atoms with Gasteiger partial charge in [-0.25, -0.2) is 4.99 Å². The number of likely N-dealkylation sites (tertiary alicyclic amines) is 1. The lowest BCUT2D eigenvalue weighted by atomic mass is 9.95. The second kappa shape index (κ2) is 11.2. The third-order valence-corrected chi connectivity index (χ3v) is 5.59. The Labute approximate surface area is 174 Å². The minimum Gasteiger partial charge on any atom is -0.379 e. The number of primary amides is 1. The molecule has 2 aliphatic rings. The molecule has 0 spiro atoms. The van der Waals surface area contributed by atoms with Gasteiger partial charge in [-0.2, -0.15) is 0 Å². The average molecular weight is 402 g/mol. The number of nitrogens with one attached hydrogen (secondary N) is 1. The van der Waals surface area contributed by atoms with E-state index in [-0.39, 0.29) is 5.91 Å². The molecule has 0 aromatic heterocycles. The van der Waals surface area contributed by atoms with Crippen LogP contribution in [0, 0.1) is 5.92 Å². The van der Waals surface area contributed by atoms with Crippen molar-refractivity contribution in [3.05, 3.63) is 35.4 Å². The van der Waals surface area contributed by atoms with E-state index < -0.39 is 0 Å². The smallest absolute Gasteiger partial charge is 0.217 e. The van der Waals surface area contributed by atoms with Crippen molar-refractivity contribution >= 4 is 11.9 Å². The fraction of sp³-hybridized carbons (Fsp3) is 0.636. The third-order valence-electron chi connectivity index (χ3n) is 5.59. The van der Waals surface area contributed by atoms with Crippen LogP contribution in [0.15, 0.2) is 29.3 Å². The molecule has 1 amide bonds. The zero-order valence-electron chi connectivity index (χ0n) is 17.6. The monoisotopic (exact) mass is 401 g/mol. The highest BCUT2D eigenvalue weighted by Gasteiger charge is 2.23. The fourth-order valence-corrected chi connectivity index (χ4v) is 4.07. The number of hydrogen-bond acceptors (Lipinski definition) is 4. The van der Waals surface area contributed by atoms with Crippen molar-refractivity contribution in [3.8, 4) is 0 Å². The maximum Gasteiger partial charge on any atom is 0.217 e. The number of aliphatic imine (C=N–C) groups is 1. The normalized spacial score (nSPS) is 21.2. The van der Waals surface area contributed by atoms with Crippen molar-refractivity contribution in [3.63, 3.8) is 0 Å². The molecule has 3 rings (SSSR count). The zero-order chi connectivity index (χ0) is 20.5. The molecule has 2 fully saturated rings. The second-order valence-electron chi connectivity index (χ2n) is 8.00. The van der Waals surface area contributed by atoms with Crippen LogP contribution in [0.1, 0.15) is 37.3 Å². The molecule has 160 valence electrons. The van der Waals surface area contributed by atoms with Crippen molar-refractivity contribution in [1.82, 2.24) is 15.1 Å². The molecule has 29 heavy (non-hydrogen) atoms. The molecule has 1 unspecified atom stereocenters. The molecule has 1 aromatic rings. The van der Waals surface area contributed by atoms with Crippen LogP contribution in [0.4, 0.5) is 0 Å². The summed E-state index contributed by atoms with van der Waals surface area (Å²) in [6.07, 6.45) is 2.59. The molecule has 1 atom stereocenters. The van der Waals surface area contributed by atoms with E-state index in [0.29, 0.717) is 18.9 Å². The Hall–Kier alpha value is -2.12. The first-order valence-corrected chi connectivity index (χ1v) is 10.8. The minimum absolute atomic E-state index is 0.212. The highest BCUT2D eigenvalue weighted by Crippen LogP contribution is 2.19. The number of morpholine rings is 1. The van der Waals surface area contributed by atoms with Crippen LogP contribution >= 0.6 is 0 Å². The van der Waals surface area contributed by atoms with Gasteiger partial charge in [0.1, 0.15) is 0 Å². The Bertz CT molecular complexity index is 670. The second-order valence-corrected chi connectivity index (χ2v) is 8.00. The number of nitrogens with zero attached hydrogens (tertiary/aromatic N) is 3. The molecule has 2 heterocycles. The molecule has 0 saturated carbocycles. The van der Waals surface area contributed by atoms with E-state index in [0.717, 1.165) is 71.3 Å². The zero-order valence-corrected chi connectivity index (χ0v) is 17.6. The van der Waals surface area contributed by atoms with Crippen LogP contribution < -0.4 is 11.1 Å². The number of amides is 1. The minimum atomic E-state index is -0.212. The number of benzene rings is 1. The Morgan fingerprint density at radius 1 is 1.21 bits per heavy atom. The Balaban J connectivity index is 1.57. The topological polar surface area (TPSA) is 83.2 Å². The number of carbonyl (C=O) groups is 1. The van der Waals surface area contributed by atoms with Gasteiger partial charge in [0.15, 0.2) is 5.96 Å². The lowest BCUT2D eigenvalue weighted by Crippen LogP contribution is -2.47. The first-order chi connectivity index (χ1) is 14.1. The summed E-state index contributed by atoms with van der Waals surface area (Å²) in [4.78, 5) is 20.8. The quantitative estimate of drug-likeness (QED) is 0.535. The Morgan fingerprint density at radius 2 is 1.93 bits per heavy atom. The molecule has 3 N–H and O–H groups in total. The van der Waals surface area contributed by atoms with E-state index in [2.05, 4.69) is 46.3 Å². The van der Waals surface area contributed by atoms with E-state index in [1.54, 1.807) is 0 Å². The Kier molecular flexibility index (Phi) is 8.31. The predicted octanol–water partition coefficient (Wildman–Crippen LogP) is 1.57. The SMILES string of the molecule is CCNC(=NCc1ccc(CN2CCOCC2)cc1)N1CCCC(CC(N)=O)C1. The van der Waals surface area contributed by atoms with Crippen molar-refractivity contribution in [2.75, 3.05) is 45.9 Å².